The van der Waals surface area contributed by atoms with Crippen molar-refractivity contribution in [2.24, 2.45) is 0 Å². The van der Waals surface area contributed by atoms with Gasteiger partial charge in [0.1, 0.15) is 0 Å². The Labute approximate surface area is 122 Å². The van der Waals surface area contributed by atoms with Crippen LogP contribution in [0.1, 0.15) is 31.9 Å². The van der Waals surface area contributed by atoms with E-state index in [4.69, 9.17) is 0 Å². The Kier molecular flexibility index (Phi) is 5.17. The molecule has 0 saturated carbocycles. The summed E-state index contributed by atoms with van der Waals surface area (Å²) in [6, 6.07) is 6.87. The van der Waals surface area contributed by atoms with E-state index in [1.165, 1.54) is 16.8 Å². The number of thioether (sulfide) groups is 1. The van der Waals surface area contributed by atoms with Gasteiger partial charge < -0.3 is 10.2 Å². The molecule has 2 unspecified atom stereocenters. The molecular weight excluding hydrogens is 252 g/mol. The lowest BCUT2D eigenvalue weighted by atomic mass is 10.1. The fourth-order valence-corrected chi connectivity index (χ4v) is 4.12. The number of aryl methyl sites for hydroxylation is 1. The van der Waals surface area contributed by atoms with Crippen molar-refractivity contribution < 1.29 is 0 Å². The molecule has 2 rings (SSSR count). The molecule has 1 heterocycles. The molecule has 1 saturated heterocycles. The summed E-state index contributed by atoms with van der Waals surface area (Å²) in [6.45, 7) is 13.3. The van der Waals surface area contributed by atoms with Gasteiger partial charge in [-0.25, -0.2) is 0 Å². The summed E-state index contributed by atoms with van der Waals surface area (Å²) in [5.74, 6) is 0. The maximum absolute atomic E-state index is 3.46. The smallest absolute Gasteiger partial charge is 0.0412 e. The van der Waals surface area contributed by atoms with Gasteiger partial charge >= 0.3 is 0 Å². The average molecular weight is 278 g/mol. The van der Waals surface area contributed by atoms with Crippen molar-refractivity contribution in [2.75, 3.05) is 24.5 Å². The summed E-state index contributed by atoms with van der Waals surface area (Å²) in [6.07, 6.45) is 0. The molecule has 1 aromatic rings. The lowest BCUT2D eigenvalue weighted by molar-refractivity contribution is 0.699. The SMILES string of the molecule is CCNCc1cc(C)ccc1N1CC(C)SC(C)C1. The van der Waals surface area contributed by atoms with Crippen LogP contribution in [0, 0.1) is 6.92 Å². The first-order valence-electron chi connectivity index (χ1n) is 7.30. The Morgan fingerprint density at radius 2 is 1.95 bits per heavy atom. The maximum Gasteiger partial charge on any atom is 0.0412 e. The maximum atomic E-state index is 3.46. The number of nitrogens with zero attached hydrogens (tertiary/aromatic N) is 1. The topological polar surface area (TPSA) is 15.3 Å². The minimum atomic E-state index is 0.719. The number of hydrogen-bond donors (Lipinski definition) is 1. The fraction of sp³-hybridized carbons (Fsp3) is 0.625. The monoisotopic (exact) mass is 278 g/mol. The third-order valence-electron chi connectivity index (χ3n) is 3.56. The van der Waals surface area contributed by atoms with Crippen LogP contribution < -0.4 is 10.2 Å². The number of anilines is 1. The van der Waals surface area contributed by atoms with E-state index in [9.17, 15) is 0 Å². The summed E-state index contributed by atoms with van der Waals surface area (Å²) in [5, 5.41) is 4.90. The van der Waals surface area contributed by atoms with Crippen LogP contribution in [-0.2, 0) is 6.54 Å². The van der Waals surface area contributed by atoms with Gasteiger partial charge in [-0.05, 0) is 25.1 Å². The minimum Gasteiger partial charge on any atom is -0.369 e. The molecule has 106 valence electrons. The molecule has 0 amide bonds. The molecule has 1 fully saturated rings. The van der Waals surface area contributed by atoms with Crippen LogP contribution in [0.5, 0.6) is 0 Å². The van der Waals surface area contributed by atoms with Gasteiger partial charge in [0.25, 0.3) is 0 Å². The van der Waals surface area contributed by atoms with Gasteiger partial charge in [0.2, 0.25) is 0 Å². The predicted octanol–water partition coefficient (Wildman–Crippen LogP) is 3.43. The van der Waals surface area contributed by atoms with Gasteiger partial charge in [-0.3, -0.25) is 0 Å². The van der Waals surface area contributed by atoms with Crippen molar-refractivity contribution in [1.29, 1.82) is 0 Å². The molecular formula is C16H26N2S. The Morgan fingerprint density at radius 3 is 2.58 bits per heavy atom. The quantitative estimate of drug-likeness (QED) is 0.908. The summed E-state index contributed by atoms with van der Waals surface area (Å²) in [4.78, 5) is 2.57. The number of benzene rings is 1. The highest BCUT2D eigenvalue weighted by Gasteiger charge is 2.23. The normalized spacial score (nSPS) is 23.7. The van der Waals surface area contributed by atoms with Gasteiger partial charge in [0, 0.05) is 35.8 Å². The van der Waals surface area contributed by atoms with E-state index in [0.717, 1.165) is 36.7 Å². The highest BCUT2D eigenvalue weighted by molar-refractivity contribution is 8.00. The molecule has 0 bridgehead atoms. The molecule has 0 radical (unpaired) electrons. The molecule has 3 heteroatoms. The fourth-order valence-electron chi connectivity index (χ4n) is 2.80. The van der Waals surface area contributed by atoms with Crippen LogP contribution in [0.3, 0.4) is 0 Å². The zero-order valence-corrected chi connectivity index (χ0v) is 13.4. The zero-order chi connectivity index (χ0) is 13.8. The standard InChI is InChI=1S/C16H26N2S/c1-5-17-9-15-8-12(2)6-7-16(15)18-10-13(3)19-14(4)11-18/h6-8,13-14,17H,5,9-11H2,1-4H3. The van der Waals surface area contributed by atoms with E-state index >= 15 is 0 Å². The van der Waals surface area contributed by atoms with E-state index in [1.807, 2.05) is 0 Å². The van der Waals surface area contributed by atoms with E-state index in [1.54, 1.807) is 0 Å². The number of hydrogen-bond acceptors (Lipinski definition) is 3. The third-order valence-corrected chi connectivity index (χ3v) is 4.79. The van der Waals surface area contributed by atoms with Crippen LogP contribution in [0.2, 0.25) is 0 Å². The van der Waals surface area contributed by atoms with Crippen molar-refractivity contribution in [2.45, 2.75) is 44.7 Å². The largest absolute Gasteiger partial charge is 0.369 e. The molecule has 2 atom stereocenters. The van der Waals surface area contributed by atoms with Crippen molar-refractivity contribution in [3.05, 3.63) is 29.3 Å². The summed E-state index contributed by atoms with van der Waals surface area (Å²) >= 11 is 2.11. The molecule has 2 nitrogen and oxygen atoms in total. The highest BCUT2D eigenvalue weighted by Crippen LogP contribution is 2.31. The third kappa shape index (κ3) is 3.90. The van der Waals surface area contributed by atoms with Gasteiger partial charge in [-0.15, -0.1) is 0 Å². The second-order valence-corrected chi connectivity index (χ2v) is 7.46. The molecule has 1 N–H and O–H groups in total. The van der Waals surface area contributed by atoms with Crippen molar-refractivity contribution >= 4 is 17.4 Å². The van der Waals surface area contributed by atoms with E-state index in [-0.39, 0.29) is 0 Å². The summed E-state index contributed by atoms with van der Waals surface area (Å²) in [7, 11) is 0. The lowest BCUT2D eigenvalue weighted by Gasteiger charge is -2.37. The first-order valence-corrected chi connectivity index (χ1v) is 8.25. The first kappa shape index (κ1) is 14.7. The van der Waals surface area contributed by atoms with E-state index in [2.05, 4.69) is 67.9 Å². The van der Waals surface area contributed by atoms with Crippen LogP contribution in [-0.4, -0.2) is 30.1 Å². The van der Waals surface area contributed by atoms with Crippen LogP contribution in [0.15, 0.2) is 18.2 Å². The molecule has 0 aliphatic carbocycles. The Hall–Kier alpha value is -0.670. The molecule has 0 aromatic heterocycles. The highest BCUT2D eigenvalue weighted by atomic mass is 32.2. The van der Waals surface area contributed by atoms with Gasteiger partial charge in [-0.2, -0.15) is 11.8 Å². The van der Waals surface area contributed by atoms with Crippen molar-refractivity contribution in [1.82, 2.24) is 5.32 Å². The lowest BCUT2D eigenvalue weighted by Crippen LogP contribution is -2.41. The Morgan fingerprint density at radius 1 is 1.26 bits per heavy atom. The molecule has 1 aliphatic rings. The average Bonchev–Trinajstić information content (AvgIpc) is 2.35. The minimum absolute atomic E-state index is 0.719. The second-order valence-electron chi connectivity index (χ2n) is 5.57. The van der Waals surface area contributed by atoms with Crippen molar-refractivity contribution in [3.63, 3.8) is 0 Å². The molecule has 19 heavy (non-hydrogen) atoms. The second kappa shape index (κ2) is 6.67. The molecule has 0 spiro atoms. The predicted molar refractivity (Wildman–Crippen MR) is 87.3 cm³/mol. The Balaban J connectivity index is 2.22. The van der Waals surface area contributed by atoms with Crippen molar-refractivity contribution in [3.8, 4) is 0 Å². The Bertz CT molecular complexity index is 409. The van der Waals surface area contributed by atoms with Crippen LogP contribution in [0.4, 0.5) is 5.69 Å². The van der Waals surface area contributed by atoms with Gasteiger partial charge in [0.15, 0.2) is 0 Å². The van der Waals surface area contributed by atoms with Crippen LogP contribution >= 0.6 is 11.8 Å². The summed E-state index contributed by atoms with van der Waals surface area (Å²) < 4.78 is 0. The number of nitrogens with one attached hydrogen (secondary N) is 1. The first-order chi connectivity index (χ1) is 9.10. The number of rotatable bonds is 4. The van der Waals surface area contributed by atoms with Gasteiger partial charge in [0.05, 0.1) is 0 Å². The van der Waals surface area contributed by atoms with Crippen LogP contribution in [0.25, 0.3) is 0 Å². The zero-order valence-electron chi connectivity index (χ0n) is 12.6. The molecule has 1 aliphatic heterocycles. The van der Waals surface area contributed by atoms with Gasteiger partial charge in [-0.1, -0.05) is 38.5 Å². The molecule has 1 aromatic carbocycles. The van der Waals surface area contributed by atoms with E-state index in [0.29, 0.717) is 0 Å². The van der Waals surface area contributed by atoms with E-state index < -0.39 is 0 Å². The summed E-state index contributed by atoms with van der Waals surface area (Å²) in [5.41, 5.74) is 4.21.